The second-order valence-corrected chi connectivity index (χ2v) is 3.47. The maximum atomic E-state index is 10.8. The highest BCUT2D eigenvalue weighted by atomic mass is 32.2. The summed E-state index contributed by atoms with van der Waals surface area (Å²) in [6.45, 7) is 1.67. The molecular weight excluding hydrogens is 162 g/mol. The number of primary amides is 1. The van der Waals surface area contributed by atoms with E-state index in [2.05, 4.69) is 0 Å². The molecule has 1 fully saturated rings. The Labute approximate surface area is 69.6 Å². The average molecular weight is 173 g/mol. The van der Waals surface area contributed by atoms with E-state index in [1.807, 2.05) is 0 Å². The zero-order valence-corrected chi connectivity index (χ0v) is 7.15. The fourth-order valence-corrected chi connectivity index (χ4v) is 2.25. The third-order valence-electron chi connectivity index (χ3n) is 1.64. The Bertz CT molecular complexity index is 174. The number of hydrogen-bond donors (Lipinski definition) is 2. The molecule has 1 aliphatic heterocycles. The van der Waals surface area contributed by atoms with E-state index in [1.165, 1.54) is 0 Å². The van der Waals surface area contributed by atoms with E-state index < -0.39 is 0 Å². The smallest absolute Gasteiger partial charge is 0.241 e. The average Bonchev–Trinajstić information content (AvgIpc) is 2.32. The Morgan fingerprint density at radius 1 is 1.82 bits per heavy atom. The van der Waals surface area contributed by atoms with E-state index in [4.69, 9.17) is 11.1 Å². The largest absolute Gasteiger partial charge is 0.368 e. The highest BCUT2D eigenvalue weighted by molar-refractivity contribution is 7.99. The van der Waals surface area contributed by atoms with Gasteiger partial charge in [0.2, 0.25) is 5.91 Å². The summed E-state index contributed by atoms with van der Waals surface area (Å²) in [4.78, 5) is 12.5. The lowest BCUT2D eigenvalue weighted by Gasteiger charge is -2.20. The third-order valence-corrected chi connectivity index (χ3v) is 2.65. The minimum absolute atomic E-state index is 0.266. The second kappa shape index (κ2) is 3.13. The number of thioether (sulfide) groups is 1. The molecule has 0 aliphatic carbocycles. The molecule has 1 amide bonds. The van der Waals surface area contributed by atoms with Crippen molar-refractivity contribution in [2.45, 2.75) is 13.0 Å². The molecule has 1 aliphatic rings. The van der Waals surface area contributed by atoms with Gasteiger partial charge in [-0.1, -0.05) is 0 Å². The summed E-state index contributed by atoms with van der Waals surface area (Å²) in [5.74, 6) is 1.51. The number of nitrogens with one attached hydrogen (secondary N) is 1. The van der Waals surface area contributed by atoms with Gasteiger partial charge in [0.1, 0.15) is 6.04 Å². The van der Waals surface area contributed by atoms with Crippen LogP contribution in [0.1, 0.15) is 6.92 Å². The molecule has 0 radical (unpaired) electrons. The van der Waals surface area contributed by atoms with E-state index in [0.717, 1.165) is 0 Å². The number of nitrogens with two attached hydrogens (primary N) is 1. The number of nitrogens with zero attached hydrogens (tertiary/aromatic N) is 1. The summed E-state index contributed by atoms with van der Waals surface area (Å²) in [5.41, 5.74) is 5.14. The minimum Gasteiger partial charge on any atom is -0.368 e. The zero-order valence-electron chi connectivity index (χ0n) is 6.33. The van der Waals surface area contributed by atoms with Crippen molar-refractivity contribution in [2.75, 3.05) is 11.6 Å². The van der Waals surface area contributed by atoms with Crippen molar-refractivity contribution in [3.05, 3.63) is 0 Å². The molecule has 0 aromatic heterocycles. The lowest BCUT2D eigenvalue weighted by molar-refractivity contribution is -0.120. The molecule has 5 heteroatoms. The quantitative estimate of drug-likeness (QED) is 0.428. The van der Waals surface area contributed by atoms with Gasteiger partial charge in [0, 0.05) is 5.75 Å². The normalized spacial score (nSPS) is 23.7. The van der Waals surface area contributed by atoms with Crippen molar-refractivity contribution in [3.8, 4) is 0 Å². The van der Waals surface area contributed by atoms with E-state index in [-0.39, 0.29) is 11.9 Å². The summed E-state index contributed by atoms with van der Waals surface area (Å²) in [6, 6.07) is -0.266. The summed E-state index contributed by atoms with van der Waals surface area (Å²) in [5, 5.41) is 7.32. The van der Waals surface area contributed by atoms with Gasteiger partial charge < -0.3 is 10.6 Å². The molecule has 0 aromatic rings. The van der Waals surface area contributed by atoms with Crippen LogP contribution >= 0.6 is 11.8 Å². The van der Waals surface area contributed by atoms with Crippen LogP contribution in [-0.4, -0.2) is 34.3 Å². The highest BCUT2D eigenvalue weighted by Gasteiger charge is 2.29. The first-order valence-corrected chi connectivity index (χ1v) is 4.47. The Balaban J connectivity index is 2.65. The fraction of sp³-hybridized carbons (Fsp3) is 0.667. The summed E-state index contributed by atoms with van der Waals surface area (Å²) in [7, 11) is 0. The molecule has 62 valence electrons. The minimum atomic E-state index is -0.332. The molecule has 11 heavy (non-hydrogen) atoms. The lowest BCUT2D eigenvalue weighted by Crippen LogP contribution is -2.43. The summed E-state index contributed by atoms with van der Waals surface area (Å²) in [6.07, 6.45) is 0. The topological polar surface area (TPSA) is 70.2 Å². The van der Waals surface area contributed by atoms with Crippen LogP contribution in [-0.2, 0) is 4.79 Å². The fourth-order valence-electron chi connectivity index (χ4n) is 1.01. The molecule has 1 heterocycles. The van der Waals surface area contributed by atoms with E-state index in [9.17, 15) is 4.79 Å². The van der Waals surface area contributed by atoms with Crippen molar-refractivity contribution in [1.29, 1.82) is 5.41 Å². The van der Waals surface area contributed by atoms with Crippen LogP contribution in [0.5, 0.6) is 0 Å². The van der Waals surface area contributed by atoms with Crippen LogP contribution < -0.4 is 5.73 Å². The van der Waals surface area contributed by atoms with Gasteiger partial charge in [-0.3, -0.25) is 10.2 Å². The van der Waals surface area contributed by atoms with Crippen LogP contribution in [0.15, 0.2) is 0 Å². The van der Waals surface area contributed by atoms with E-state index in [0.29, 0.717) is 17.5 Å². The first kappa shape index (κ1) is 8.39. The van der Waals surface area contributed by atoms with Gasteiger partial charge in [-0.2, -0.15) is 0 Å². The van der Waals surface area contributed by atoms with Crippen LogP contribution in [0, 0.1) is 5.41 Å². The molecule has 1 saturated heterocycles. The summed E-state index contributed by atoms with van der Waals surface area (Å²) < 4.78 is 0. The lowest BCUT2D eigenvalue weighted by atomic mass is 10.3. The van der Waals surface area contributed by atoms with Crippen molar-refractivity contribution in [3.63, 3.8) is 0 Å². The maximum Gasteiger partial charge on any atom is 0.241 e. The number of rotatable bonds is 1. The Morgan fingerprint density at radius 2 is 2.45 bits per heavy atom. The number of amidine groups is 1. The van der Waals surface area contributed by atoms with Crippen LogP contribution in [0.25, 0.3) is 0 Å². The SMILES string of the molecule is CC(=N)N1CSC[C@@H]1C(N)=O. The van der Waals surface area contributed by atoms with Gasteiger partial charge in [-0.25, -0.2) is 0 Å². The molecule has 3 N–H and O–H groups in total. The van der Waals surface area contributed by atoms with Crippen molar-refractivity contribution >= 4 is 23.5 Å². The standard InChI is InChI=1S/C6H11N3OS/c1-4(7)9-3-11-2-5(9)6(8)10/h5,7H,2-3H2,1H3,(H2,8,10)/t5-/m1/s1. The van der Waals surface area contributed by atoms with Gasteiger partial charge in [0.15, 0.2) is 0 Å². The Morgan fingerprint density at radius 3 is 2.82 bits per heavy atom. The Kier molecular flexibility index (Phi) is 2.38. The molecule has 0 aromatic carbocycles. The predicted molar refractivity (Wildman–Crippen MR) is 45.5 cm³/mol. The molecule has 0 saturated carbocycles. The monoisotopic (exact) mass is 173 g/mol. The Hall–Kier alpha value is -0.710. The molecule has 1 atom stereocenters. The molecule has 0 unspecified atom stereocenters. The van der Waals surface area contributed by atoms with Gasteiger partial charge in [-0.05, 0) is 6.92 Å². The first-order chi connectivity index (χ1) is 5.13. The molecule has 1 rings (SSSR count). The van der Waals surface area contributed by atoms with Crippen LogP contribution in [0.2, 0.25) is 0 Å². The molecule has 0 spiro atoms. The van der Waals surface area contributed by atoms with Gasteiger partial charge >= 0.3 is 0 Å². The van der Waals surface area contributed by atoms with E-state index >= 15 is 0 Å². The molecule has 4 nitrogen and oxygen atoms in total. The van der Waals surface area contributed by atoms with Crippen LogP contribution in [0.3, 0.4) is 0 Å². The second-order valence-electron chi connectivity index (χ2n) is 2.47. The third kappa shape index (κ3) is 1.65. The molecular formula is C6H11N3OS. The van der Waals surface area contributed by atoms with E-state index in [1.54, 1.807) is 23.6 Å². The number of amides is 1. The van der Waals surface area contributed by atoms with Gasteiger partial charge in [0.05, 0.1) is 11.7 Å². The first-order valence-electron chi connectivity index (χ1n) is 3.32. The summed E-state index contributed by atoms with van der Waals surface area (Å²) >= 11 is 1.63. The number of carbonyl (C=O) groups excluding carboxylic acids is 1. The van der Waals surface area contributed by atoms with Crippen molar-refractivity contribution < 1.29 is 4.79 Å². The van der Waals surface area contributed by atoms with Crippen molar-refractivity contribution in [2.24, 2.45) is 5.73 Å². The number of carbonyl (C=O) groups is 1. The highest BCUT2D eigenvalue weighted by Crippen LogP contribution is 2.20. The molecule has 0 bridgehead atoms. The van der Waals surface area contributed by atoms with Crippen LogP contribution in [0.4, 0.5) is 0 Å². The van der Waals surface area contributed by atoms with Crippen molar-refractivity contribution in [1.82, 2.24) is 4.90 Å². The van der Waals surface area contributed by atoms with Gasteiger partial charge in [-0.15, -0.1) is 11.8 Å². The zero-order chi connectivity index (χ0) is 8.43. The van der Waals surface area contributed by atoms with Gasteiger partial charge in [0.25, 0.3) is 0 Å². The number of hydrogen-bond acceptors (Lipinski definition) is 3. The predicted octanol–water partition coefficient (Wildman–Crippen LogP) is -0.156. The maximum absolute atomic E-state index is 10.8.